The molecular formula is C16H27N3OS. The molecule has 0 bridgehead atoms. The van der Waals surface area contributed by atoms with Crippen LogP contribution >= 0.6 is 11.8 Å². The first-order valence-electron chi connectivity index (χ1n) is 7.30. The molecule has 0 unspecified atom stereocenters. The predicted molar refractivity (Wildman–Crippen MR) is 92.6 cm³/mol. The van der Waals surface area contributed by atoms with Crippen molar-refractivity contribution in [3.05, 3.63) is 23.8 Å². The molecule has 0 fully saturated rings. The fourth-order valence-electron chi connectivity index (χ4n) is 2.41. The van der Waals surface area contributed by atoms with Crippen LogP contribution in [0.25, 0.3) is 0 Å². The Balaban J connectivity index is 3.35. The van der Waals surface area contributed by atoms with Gasteiger partial charge in [0.05, 0.1) is 5.56 Å². The molecule has 0 aliphatic rings. The van der Waals surface area contributed by atoms with Gasteiger partial charge in [-0.05, 0) is 30.2 Å². The van der Waals surface area contributed by atoms with Crippen molar-refractivity contribution in [1.82, 2.24) is 0 Å². The molecule has 0 heterocycles. The van der Waals surface area contributed by atoms with Gasteiger partial charge in [0.15, 0.2) is 5.84 Å². The predicted octanol–water partition coefficient (Wildman–Crippen LogP) is 3.62. The van der Waals surface area contributed by atoms with Crippen LogP contribution in [0, 0.1) is 11.8 Å². The van der Waals surface area contributed by atoms with E-state index in [1.54, 1.807) is 11.8 Å². The highest BCUT2D eigenvalue weighted by atomic mass is 32.2. The molecule has 1 aromatic carbocycles. The van der Waals surface area contributed by atoms with E-state index in [0.717, 1.165) is 29.2 Å². The van der Waals surface area contributed by atoms with E-state index in [1.165, 1.54) is 0 Å². The summed E-state index contributed by atoms with van der Waals surface area (Å²) in [7, 11) is 0. The van der Waals surface area contributed by atoms with Gasteiger partial charge in [-0.3, -0.25) is 0 Å². The summed E-state index contributed by atoms with van der Waals surface area (Å²) in [5.74, 6) is 1.26. The van der Waals surface area contributed by atoms with Crippen molar-refractivity contribution in [2.75, 3.05) is 24.2 Å². The van der Waals surface area contributed by atoms with Gasteiger partial charge < -0.3 is 15.8 Å². The lowest BCUT2D eigenvalue weighted by atomic mass is 10.1. The molecule has 0 atom stereocenters. The van der Waals surface area contributed by atoms with Gasteiger partial charge >= 0.3 is 0 Å². The summed E-state index contributed by atoms with van der Waals surface area (Å²) in [5.41, 5.74) is 7.80. The van der Waals surface area contributed by atoms with Crippen LogP contribution in [0.1, 0.15) is 33.3 Å². The maximum absolute atomic E-state index is 9.11. The van der Waals surface area contributed by atoms with E-state index in [4.69, 9.17) is 10.9 Å². The Hall–Kier alpha value is -1.36. The summed E-state index contributed by atoms with van der Waals surface area (Å²) >= 11 is 1.61. The lowest BCUT2D eigenvalue weighted by Gasteiger charge is -2.30. The van der Waals surface area contributed by atoms with Crippen molar-refractivity contribution in [2.45, 2.75) is 32.6 Å². The first kappa shape index (κ1) is 17.7. The zero-order valence-corrected chi connectivity index (χ0v) is 14.4. The molecule has 4 nitrogen and oxygen atoms in total. The number of anilines is 1. The SMILES string of the molecule is CSc1cccc(N(CC(C)C)CC(C)C)c1/C(N)=N/O. The Morgan fingerprint density at radius 1 is 1.24 bits per heavy atom. The maximum atomic E-state index is 9.11. The van der Waals surface area contributed by atoms with Gasteiger partial charge in [-0.15, -0.1) is 11.8 Å². The van der Waals surface area contributed by atoms with Crippen molar-refractivity contribution < 1.29 is 5.21 Å². The molecule has 0 radical (unpaired) electrons. The summed E-state index contributed by atoms with van der Waals surface area (Å²) in [4.78, 5) is 3.36. The molecule has 0 aromatic heterocycles. The summed E-state index contributed by atoms with van der Waals surface area (Å²) in [6.07, 6.45) is 2.00. The Morgan fingerprint density at radius 3 is 2.24 bits per heavy atom. The van der Waals surface area contributed by atoms with Crippen LogP contribution in [0.15, 0.2) is 28.3 Å². The summed E-state index contributed by atoms with van der Waals surface area (Å²) < 4.78 is 0. The molecule has 0 aliphatic carbocycles. The Bertz CT molecular complexity index is 476. The quantitative estimate of drug-likeness (QED) is 0.265. The molecule has 1 rings (SSSR count). The van der Waals surface area contributed by atoms with Crippen molar-refractivity contribution in [3.8, 4) is 0 Å². The molecule has 0 spiro atoms. The first-order chi connectivity index (χ1) is 9.90. The zero-order valence-electron chi connectivity index (χ0n) is 13.6. The second kappa shape index (κ2) is 8.17. The lowest BCUT2D eigenvalue weighted by molar-refractivity contribution is 0.318. The average molecular weight is 309 g/mol. The third-order valence-electron chi connectivity index (χ3n) is 3.10. The molecule has 0 amide bonds. The van der Waals surface area contributed by atoms with Crippen LogP contribution in [-0.2, 0) is 0 Å². The minimum Gasteiger partial charge on any atom is -0.409 e. The standard InChI is InChI=1S/C16H27N3OS/c1-11(2)9-19(10-12(3)4)13-7-6-8-14(21-5)15(13)16(17)18-20/h6-8,11-12,20H,9-10H2,1-5H3,(H2,17,18). The molecule has 21 heavy (non-hydrogen) atoms. The van der Waals surface area contributed by atoms with Crippen LogP contribution < -0.4 is 10.6 Å². The minimum atomic E-state index is 0.174. The highest BCUT2D eigenvalue weighted by molar-refractivity contribution is 7.98. The van der Waals surface area contributed by atoms with Gasteiger partial charge in [0, 0.05) is 23.7 Å². The van der Waals surface area contributed by atoms with Crippen molar-refractivity contribution >= 4 is 23.3 Å². The van der Waals surface area contributed by atoms with E-state index in [9.17, 15) is 0 Å². The average Bonchev–Trinajstić information content (AvgIpc) is 2.43. The normalized spacial score (nSPS) is 12.2. The fraction of sp³-hybridized carbons (Fsp3) is 0.562. The monoisotopic (exact) mass is 309 g/mol. The Kier molecular flexibility index (Phi) is 6.89. The van der Waals surface area contributed by atoms with Crippen molar-refractivity contribution in [1.29, 1.82) is 0 Å². The second-order valence-electron chi connectivity index (χ2n) is 6.03. The molecule has 5 heteroatoms. The molecule has 3 N–H and O–H groups in total. The first-order valence-corrected chi connectivity index (χ1v) is 8.53. The zero-order chi connectivity index (χ0) is 16.0. The van der Waals surface area contributed by atoms with Gasteiger partial charge in [0.2, 0.25) is 0 Å². The van der Waals surface area contributed by atoms with Gasteiger partial charge in [-0.1, -0.05) is 38.9 Å². The van der Waals surface area contributed by atoms with E-state index in [2.05, 4.69) is 43.8 Å². The number of nitrogens with zero attached hydrogens (tertiary/aromatic N) is 2. The van der Waals surface area contributed by atoms with Crippen LogP contribution in [0.4, 0.5) is 5.69 Å². The largest absolute Gasteiger partial charge is 0.409 e. The van der Waals surface area contributed by atoms with E-state index in [0.29, 0.717) is 11.8 Å². The fourth-order valence-corrected chi connectivity index (χ4v) is 3.04. The summed E-state index contributed by atoms with van der Waals surface area (Å²) in [6.45, 7) is 10.7. The molecule has 118 valence electrons. The molecule has 0 saturated carbocycles. The topological polar surface area (TPSA) is 61.8 Å². The number of benzene rings is 1. The Morgan fingerprint density at radius 2 is 1.81 bits per heavy atom. The van der Waals surface area contributed by atoms with E-state index < -0.39 is 0 Å². The van der Waals surface area contributed by atoms with Gasteiger partial charge in [-0.25, -0.2) is 0 Å². The molecule has 0 saturated heterocycles. The maximum Gasteiger partial charge on any atom is 0.173 e. The van der Waals surface area contributed by atoms with Crippen LogP contribution in [0.5, 0.6) is 0 Å². The van der Waals surface area contributed by atoms with E-state index in [1.807, 2.05) is 18.4 Å². The number of oxime groups is 1. The summed E-state index contributed by atoms with van der Waals surface area (Å²) in [5, 5.41) is 12.3. The Labute approximate surface area is 132 Å². The molecular weight excluding hydrogens is 282 g/mol. The van der Waals surface area contributed by atoms with Crippen molar-refractivity contribution in [3.63, 3.8) is 0 Å². The van der Waals surface area contributed by atoms with Gasteiger partial charge in [0.1, 0.15) is 0 Å². The number of rotatable bonds is 7. The highest BCUT2D eigenvalue weighted by Gasteiger charge is 2.19. The highest BCUT2D eigenvalue weighted by Crippen LogP contribution is 2.30. The van der Waals surface area contributed by atoms with E-state index >= 15 is 0 Å². The number of hydrogen-bond acceptors (Lipinski definition) is 4. The molecule has 1 aromatic rings. The second-order valence-corrected chi connectivity index (χ2v) is 6.88. The smallest absolute Gasteiger partial charge is 0.173 e. The van der Waals surface area contributed by atoms with Crippen LogP contribution in [-0.4, -0.2) is 30.4 Å². The third-order valence-corrected chi connectivity index (χ3v) is 3.88. The summed E-state index contributed by atoms with van der Waals surface area (Å²) in [6, 6.07) is 6.09. The van der Waals surface area contributed by atoms with Crippen molar-refractivity contribution in [2.24, 2.45) is 22.7 Å². The van der Waals surface area contributed by atoms with Crippen LogP contribution in [0.2, 0.25) is 0 Å². The van der Waals surface area contributed by atoms with Gasteiger partial charge in [0.25, 0.3) is 0 Å². The molecule has 0 aliphatic heterocycles. The third kappa shape index (κ3) is 4.84. The number of hydrogen-bond donors (Lipinski definition) is 2. The minimum absolute atomic E-state index is 0.174. The van der Waals surface area contributed by atoms with E-state index in [-0.39, 0.29) is 5.84 Å². The number of thioether (sulfide) groups is 1. The van der Waals surface area contributed by atoms with Gasteiger partial charge in [-0.2, -0.15) is 0 Å². The lowest BCUT2D eigenvalue weighted by Crippen LogP contribution is -2.33. The number of amidine groups is 1. The van der Waals surface area contributed by atoms with Crippen LogP contribution in [0.3, 0.4) is 0 Å². The number of nitrogens with two attached hydrogens (primary N) is 1.